The fraction of sp³-hybridized carbons (Fsp3) is 0.200. The van der Waals surface area contributed by atoms with Crippen molar-refractivity contribution in [3.8, 4) is 103 Å². The van der Waals surface area contributed by atoms with Crippen LogP contribution in [0.25, 0.3) is 79.7 Å². The zero-order valence-electron chi connectivity index (χ0n) is 71.4. The predicted octanol–water partition coefficient (Wildman–Crippen LogP) is 10.6. The van der Waals surface area contributed by atoms with Gasteiger partial charge in [-0.1, -0.05) is 125 Å². The number of hydrogen-bond acceptors (Lipinski definition) is 36. The molecule has 7 aromatic heterocycles. The molecule has 15 rings (SSSR count). The molecule has 1 fully saturated rings. The molecule has 1 atom stereocenters. The van der Waals surface area contributed by atoms with Gasteiger partial charge in [0, 0.05) is 62.9 Å². The van der Waals surface area contributed by atoms with Gasteiger partial charge in [0.05, 0.1) is 76.1 Å². The van der Waals surface area contributed by atoms with Crippen LogP contribution in [0.1, 0.15) is 24.0 Å². The van der Waals surface area contributed by atoms with E-state index in [4.69, 9.17) is 45.2 Å². The molecule has 0 aliphatic carbocycles. The Morgan fingerprint density at radius 1 is 0.441 bits per heavy atom. The second-order valence-corrected chi connectivity index (χ2v) is 36.5. The molecule has 136 heavy (non-hydrogen) atoms. The van der Waals surface area contributed by atoms with Crippen LogP contribution in [0.4, 0.5) is 14.5 Å². The molecule has 1 amide bonds. The number of rotatable bonds is 34. The van der Waals surface area contributed by atoms with E-state index in [1.807, 2.05) is 43.3 Å². The lowest BCUT2D eigenvalue weighted by Crippen LogP contribution is -2.23. The van der Waals surface area contributed by atoms with Gasteiger partial charge < -0.3 is 60.3 Å². The zero-order valence-corrected chi connectivity index (χ0v) is 78.7. The van der Waals surface area contributed by atoms with Gasteiger partial charge in [-0.25, -0.2) is 56.8 Å². The van der Waals surface area contributed by atoms with Crippen LogP contribution in [0.5, 0.6) is 23.0 Å². The number of aryl methyl sites for hydroxylation is 2. The molecular weight excluding hydrogens is 1960 g/mol. The maximum atomic E-state index is 13.8. The second kappa shape index (κ2) is 51.9. The van der Waals surface area contributed by atoms with Gasteiger partial charge >= 0.3 is 41.8 Å². The minimum atomic E-state index is -3.54. The molecule has 0 bridgehead atoms. The number of anilines is 1. The number of carbonyl (C=O) groups is 8. The molecule has 8 heterocycles. The highest BCUT2D eigenvalue weighted by molar-refractivity contribution is 8.01. The van der Waals surface area contributed by atoms with Crippen molar-refractivity contribution in [1.82, 2.24) is 111 Å². The highest BCUT2D eigenvalue weighted by Crippen LogP contribution is 2.34. The number of aromatic hydroxyl groups is 2. The summed E-state index contributed by atoms with van der Waals surface area (Å²) in [6.07, 6.45) is 3.11. The first kappa shape index (κ1) is 106. The maximum absolute atomic E-state index is 13.8. The van der Waals surface area contributed by atoms with E-state index in [0.717, 1.165) is 118 Å². The van der Waals surface area contributed by atoms with Gasteiger partial charge in [-0.05, 0) is 142 Å². The fourth-order valence-corrected chi connectivity index (χ4v) is 15.7. The van der Waals surface area contributed by atoms with Crippen LogP contribution in [-0.2, 0) is 59.2 Å². The third kappa shape index (κ3) is 33.2. The largest absolute Gasteiger partial charge is 0.507 e. The van der Waals surface area contributed by atoms with Crippen LogP contribution in [0, 0.1) is 25.5 Å². The summed E-state index contributed by atoms with van der Waals surface area (Å²) in [5.41, 5.74) is 6.20. The number of methoxy groups -OCH3 is 2. The van der Waals surface area contributed by atoms with Crippen LogP contribution in [0.15, 0.2) is 191 Å². The van der Waals surface area contributed by atoms with E-state index in [-0.39, 0.29) is 95.2 Å². The van der Waals surface area contributed by atoms with Crippen molar-refractivity contribution in [1.29, 1.82) is 0 Å². The van der Waals surface area contributed by atoms with E-state index < -0.39 is 68.4 Å². The lowest BCUT2D eigenvalue weighted by atomic mass is 10.1. The van der Waals surface area contributed by atoms with Gasteiger partial charge in [-0.2, -0.15) is 0 Å². The standard InChI is InChI=1S/C14H14N4O3S.C11H10FN3O3S.C11H10FN3O2S.C11H12N4O4S2.C11H11N3O4S.C11H11N3O3S2.C11H11N3O3S/c19-11-2-1-7-18(11)10-5-3-9(4-6-10)13-15-14(17-16-13)22-8-12(20)21;1-18-6-2-3-8(12)7(4-6)10-13-11(15-14-10)19-5-9(16)17;1-6-3-2-4-7(9(6)12)10-13-11(15-14-10)18-5-8(16)17;1-12-21(18,19)8-4-2-3-7(5-8)10-13-11(15-14-10)20-6-9(16)17;1-18-8-3-2-6(4-7(8)15)10-12-11(14-13-10)19-5-9(16)17;1-19(17)8-4-2-3-7(5-8)10-12-11(14-13-10)18-6-9(15)16;1-6-2-3-7(8(15)4-6)10-12-11(14-13-10)18-5-9(16)17/h3-6H,1-2,7-8H2,(H,20,21)(H,15,16,17);2-4H,5H2,1H3,(H,16,17)(H,13,14,15);2-4H,5H2,1H3,(H,16,17)(H,13,14,15);2-5,12H,6H2,1H3,(H,16,17)(H,13,14,15);2-4,15H,5H2,1H3,(H,16,17)(H,12,13,14);2-5H,6H2,1H3,(H,15,16)(H,12,13,14);2-4,15H,5H2,1H3,(H,16,17)(H,12,13,14). The fourth-order valence-electron chi connectivity index (χ4n) is 10.7. The average molecular weight is 2040 g/mol. The molecule has 0 spiro atoms. The summed E-state index contributed by atoms with van der Waals surface area (Å²) in [5.74, 6) is -4.21. The number of aliphatic carboxylic acids is 7. The number of nitrogens with one attached hydrogen (secondary N) is 8. The van der Waals surface area contributed by atoms with Crippen LogP contribution < -0.4 is 19.1 Å². The first-order chi connectivity index (χ1) is 64.9. The second-order valence-electron chi connectivity index (χ2n) is 26.6. The normalized spacial score (nSPS) is 11.5. The number of benzene rings is 7. The molecular formula is C80H79F2N23O22S9. The number of nitrogens with zero attached hydrogens (tertiary/aromatic N) is 15. The Morgan fingerprint density at radius 3 is 1.23 bits per heavy atom. The van der Waals surface area contributed by atoms with E-state index in [1.165, 1.54) is 57.7 Å². The SMILES string of the molecule is CNS(=O)(=O)c1cccc(-c2nc(SCC(=O)O)n[nH]2)c1.COc1ccc(-c2nc(SCC(=O)O)n[nH]2)cc1O.COc1ccc(F)c(-c2nc(SCC(=O)O)n[nH]2)c1.CS(=O)c1cccc(-c2nc(SCC(=O)O)n[nH]2)c1.Cc1ccc(-c2nc(SCC(=O)O)n[nH]2)c(O)c1.Cc1cccc(-c2nc(SCC(=O)O)n[nH]2)c1F.O=C(O)CSc1n[nH]c(-c2ccc(N3CCCC3=O)cc2)n1. The van der Waals surface area contributed by atoms with Crippen molar-refractivity contribution in [2.24, 2.45) is 0 Å². The first-order valence-corrected chi connectivity index (χ1v) is 48.4. The van der Waals surface area contributed by atoms with Gasteiger partial charge in [0.15, 0.2) is 52.3 Å². The minimum Gasteiger partial charge on any atom is -0.507 e. The van der Waals surface area contributed by atoms with Crippen LogP contribution in [-0.4, -0.2) is 287 Å². The Bertz CT molecular complexity index is 6640. The molecule has 56 heteroatoms. The van der Waals surface area contributed by atoms with E-state index >= 15 is 0 Å². The number of carboxylic acid groups (broad SMARTS) is 7. The molecule has 714 valence electrons. The first-order valence-electron chi connectivity index (χ1n) is 38.5. The molecule has 7 aromatic carbocycles. The average Bonchev–Trinajstić information content (AvgIpc) is 1.27. The molecule has 1 unspecified atom stereocenters. The molecule has 45 nitrogen and oxygen atoms in total. The number of sulfonamides is 1. The van der Waals surface area contributed by atoms with Gasteiger partial charge in [0.25, 0.3) is 0 Å². The van der Waals surface area contributed by atoms with E-state index in [9.17, 15) is 70.0 Å². The Balaban J connectivity index is 0.000000178. The number of ether oxygens (including phenoxy) is 2. The van der Waals surface area contributed by atoms with Gasteiger partial charge in [-0.15, -0.1) is 35.7 Å². The number of aromatic nitrogens is 21. The van der Waals surface area contributed by atoms with Gasteiger partial charge in [-0.3, -0.25) is 78.3 Å². The Kier molecular flexibility index (Phi) is 40.3. The number of phenolic OH excluding ortho intramolecular Hbond substituents is 2. The number of H-pyrrole nitrogens is 7. The maximum Gasteiger partial charge on any atom is 0.313 e. The van der Waals surface area contributed by atoms with E-state index in [1.54, 1.807) is 90.9 Å². The summed E-state index contributed by atoms with van der Waals surface area (Å²) < 4.78 is 74.6. The zero-order chi connectivity index (χ0) is 98.7. The highest BCUT2D eigenvalue weighted by Gasteiger charge is 2.24. The summed E-state index contributed by atoms with van der Waals surface area (Å²) in [6.45, 7) is 4.30. The van der Waals surface area contributed by atoms with Gasteiger partial charge in [0.2, 0.25) is 52.0 Å². The van der Waals surface area contributed by atoms with Crippen molar-refractivity contribution in [3.63, 3.8) is 0 Å². The van der Waals surface area contributed by atoms with E-state index in [2.05, 4.69) is 111 Å². The Labute approximate surface area is 800 Å². The monoisotopic (exact) mass is 2040 g/mol. The van der Waals surface area contributed by atoms with Crippen LogP contribution >= 0.6 is 82.3 Å². The molecule has 17 N–H and O–H groups in total. The van der Waals surface area contributed by atoms with Gasteiger partial charge in [0.1, 0.15) is 23.1 Å². The number of carboxylic acids is 7. The molecule has 1 aliphatic rings. The van der Waals surface area contributed by atoms with Crippen molar-refractivity contribution in [2.45, 2.75) is 72.6 Å². The highest BCUT2D eigenvalue weighted by atomic mass is 32.2. The molecule has 14 aromatic rings. The number of aromatic amines is 7. The van der Waals surface area contributed by atoms with E-state index in [0.29, 0.717) is 106 Å². The van der Waals surface area contributed by atoms with Crippen LogP contribution in [0.2, 0.25) is 0 Å². The summed E-state index contributed by atoms with van der Waals surface area (Å²) in [6, 6.07) is 40.1. The number of phenols is 2. The smallest absolute Gasteiger partial charge is 0.313 e. The van der Waals surface area contributed by atoms with Crippen molar-refractivity contribution in [3.05, 3.63) is 168 Å². The lowest BCUT2D eigenvalue weighted by Gasteiger charge is -2.15. The van der Waals surface area contributed by atoms with Crippen LogP contribution in [0.3, 0.4) is 0 Å². The molecule has 0 radical (unpaired) electrons. The van der Waals surface area contributed by atoms with Crippen molar-refractivity contribution in [2.75, 3.05) is 79.2 Å². The number of carbonyl (C=O) groups excluding carboxylic acids is 1. The lowest BCUT2D eigenvalue weighted by molar-refractivity contribution is -0.134. The summed E-state index contributed by atoms with van der Waals surface area (Å²) in [7, 11) is -0.329. The topological polar surface area (TPSA) is 695 Å². The quantitative estimate of drug-likeness (QED) is 0.0167. The Morgan fingerprint density at radius 2 is 0.831 bits per heavy atom. The molecule has 1 saturated heterocycles. The summed E-state index contributed by atoms with van der Waals surface area (Å²) in [4.78, 5) is 116. The number of hydrogen-bond donors (Lipinski definition) is 17. The molecule has 0 saturated carbocycles. The number of amides is 1. The molecule has 1 aliphatic heterocycles. The third-order valence-electron chi connectivity index (χ3n) is 16.9. The Hall–Kier alpha value is -14.2. The predicted molar refractivity (Wildman–Crippen MR) is 497 cm³/mol. The summed E-state index contributed by atoms with van der Waals surface area (Å²) in [5, 5.41) is 128. The van der Waals surface area contributed by atoms with Crippen molar-refractivity contribution < 1.29 is 115 Å². The van der Waals surface area contributed by atoms with Crippen molar-refractivity contribution >= 4 is 157 Å². The number of halogens is 2. The minimum absolute atomic E-state index is 0.00357. The number of thioether (sulfide) groups is 7. The summed E-state index contributed by atoms with van der Waals surface area (Å²) >= 11 is 7.04. The third-order valence-corrected chi connectivity index (χ3v) is 25.1.